The number of hydrazone groups is 1. The average Bonchev–Trinajstić information content (AvgIpc) is 3.26. The summed E-state index contributed by atoms with van der Waals surface area (Å²) < 4.78 is 10.5. The minimum Gasteiger partial charge on any atom is -0.484 e. The molecule has 28 heavy (non-hydrogen) atoms. The summed E-state index contributed by atoms with van der Waals surface area (Å²) in [5.41, 5.74) is 4.57. The van der Waals surface area contributed by atoms with E-state index in [1.807, 2.05) is 18.2 Å². The van der Waals surface area contributed by atoms with Gasteiger partial charge in [-0.25, -0.2) is 5.43 Å². The molecule has 0 aliphatic rings. The first-order valence-corrected chi connectivity index (χ1v) is 8.58. The second-order valence-corrected chi connectivity index (χ2v) is 5.84. The molecule has 0 aliphatic carbocycles. The Hall–Kier alpha value is -3.87. The Balaban J connectivity index is 1.50. The molecule has 0 atom stereocenters. The van der Waals surface area contributed by atoms with Gasteiger partial charge in [0, 0.05) is 5.69 Å². The number of hydrogen-bond acceptors (Lipinski definition) is 5. The molecular formula is C21H19N3O4. The van der Waals surface area contributed by atoms with Gasteiger partial charge >= 0.3 is 5.91 Å². The summed E-state index contributed by atoms with van der Waals surface area (Å²) in [6.45, 7) is 1.67. The SMILES string of the molecule is C/C(=N/NC(=O)c1ccco1)c1ccc(OCC(=O)Nc2ccccc2)cc1. The summed E-state index contributed by atoms with van der Waals surface area (Å²) in [5, 5.41) is 6.80. The van der Waals surface area contributed by atoms with Gasteiger partial charge in [0.15, 0.2) is 12.4 Å². The van der Waals surface area contributed by atoms with Crippen LogP contribution in [0.3, 0.4) is 0 Å². The number of hydrogen-bond donors (Lipinski definition) is 2. The number of anilines is 1. The van der Waals surface area contributed by atoms with E-state index in [9.17, 15) is 9.59 Å². The quantitative estimate of drug-likeness (QED) is 0.487. The lowest BCUT2D eigenvalue weighted by molar-refractivity contribution is -0.118. The van der Waals surface area contributed by atoms with Crippen LogP contribution in [-0.2, 0) is 4.79 Å². The van der Waals surface area contributed by atoms with Crippen molar-refractivity contribution in [2.24, 2.45) is 5.10 Å². The first-order valence-electron chi connectivity index (χ1n) is 8.58. The molecule has 1 heterocycles. The molecule has 1 aromatic heterocycles. The van der Waals surface area contributed by atoms with Gasteiger partial charge in [-0.1, -0.05) is 18.2 Å². The Kier molecular flexibility index (Phi) is 6.20. The fourth-order valence-electron chi connectivity index (χ4n) is 2.32. The Morgan fingerprint density at radius 1 is 1.00 bits per heavy atom. The monoisotopic (exact) mass is 377 g/mol. The Morgan fingerprint density at radius 3 is 2.43 bits per heavy atom. The predicted molar refractivity (Wildman–Crippen MR) is 105 cm³/mol. The summed E-state index contributed by atoms with van der Waals surface area (Å²) in [6.07, 6.45) is 1.42. The van der Waals surface area contributed by atoms with Gasteiger partial charge in [0.25, 0.3) is 5.91 Å². The molecule has 0 radical (unpaired) electrons. The van der Waals surface area contributed by atoms with Crippen molar-refractivity contribution in [1.82, 2.24) is 5.43 Å². The molecule has 7 nitrogen and oxygen atoms in total. The van der Waals surface area contributed by atoms with Crippen LogP contribution in [0.5, 0.6) is 5.75 Å². The smallest absolute Gasteiger partial charge is 0.307 e. The minimum atomic E-state index is -0.422. The third-order valence-corrected chi connectivity index (χ3v) is 3.77. The molecule has 0 bridgehead atoms. The zero-order chi connectivity index (χ0) is 19.8. The fraction of sp³-hybridized carbons (Fsp3) is 0.0952. The Morgan fingerprint density at radius 2 is 1.75 bits per heavy atom. The topological polar surface area (TPSA) is 92.9 Å². The fourth-order valence-corrected chi connectivity index (χ4v) is 2.32. The maximum atomic E-state index is 11.9. The van der Waals surface area contributed by atoms with Gasteiger partial charge in [0.2, 0.25) is 0 Å². The largest absolute Gasteiger partial charge is 0.484 e. The second-order valence-electron chi connectivity index (χ2n) is 5.84. The van der Waals surface area contributed by atoms with Crippen molar-refractivity contribution < 1.29 is 18.7 Å². The molecule has 0 saturated heterocycles. The van der Waals surface area contributed by atoms with Gasteiger partial charge in [-0.05, 0) is 61.0 Å². The lowest BCUT2D eigenvalue weighted by Gasteiger charge is -2.08. The molecule has 2 aromatic carbocycles. The first-order chi connectivity index (χ1) is 13.6. The van der Waals surface area contributed by atoms with E-state index in [2.05, 4.69) is 15.8 Å². The van der Waals surface area contributed by atoms with E-state index < -0.39 is 5.91 Å². The number of carbonyl (C=O) groups excluding carboxylic acids is 2. The van der Waals surface area contributed by atoms with E-state index in [-0.39, 0.29) is 18.3 Å². The molecule has 0 unspecified atom stereocenters. The van der Waals surface area contributed by atoms with Gasteiger partial charge in [0.1, 0.15) is 5.75 Å². The molecule has 0 saturated carbocycles. The molecular weight excluding hydrogens is 358 g/mol. The zero-order valence-electron chi connectivity index (χ0n) is 15.2. The van der Waals surface area contributed by atoms with Crippen molar-refractivity contribution in [3.05, 3.63) is 84.3 Å². The van der Waals surface area contributed by atoms with Gasteiger partial charge in [-0.3, -0.25) is 9.59 Å². The van der Waals surface area contributed by atoms with Gasteiger partial charge in [-0.2, -0.15) is 5.10 Å². The van der Waals surface area contributed by atoms with Crippen LogP contribution in [0, 0.1) is 0 Å². The molecule has 142 valence electrons. The van der Waals surface area contributed by atoms with Crippen LogP contribution in [0.1, 0.15) is 23.0 Å². The number of rotatable bonds is 7. The number of ether oxygens (including phenoxy) is 1. The van der Waals surface area contributed by atoms with Crippen molar-refractivity contribution in [1.29, 1.82) is 0 Å². The first kappa shape index (κ1) is 18.9. The summed E-state index contributed by atoms with van der Waals surface area (Å²) in [6, 6.07) is 19.4. The molecule has 0 aliphatic heterocycles. The summed E-state index contributed by atoms with van der Waals surface area (Å²) >= 11 is 0. The highest BCUT2D eigenvalue weighted by atomic mass is 16.5. The number of nitrogens with zero attached hydrogens (tertiary/aromatic N) is 1. The van der Waals surface area contributed by atoms with Crippen molar-refractivity contribution in [3.8, 4) is 5.75 Å². The van der Waals surface area contributed by atoms with E-state index in [0.717, 1.165) is 11.3 Å². The molecule has 7 heteroatoms. The third-order valence-electron chi connectivity index (χ3n) is 3.77. The van der Waals surface area contributed by atoms with Crippen LogP contribution in [0.4, 0.5) is 5.69 Å². The standard InChI is InChI=1S/C21H19N3O4/c1-15(23-24-21(26)19-8-5-13-27-19)16-9-11-18(12-10-16)28-14-20(25)22-17-6-3-2-4-7-17/h2-13H,14H2,1H3,(H,22,25)(H,24,26)/b23-15-. The van der Waals surface area contributed by atoms with Gasteiger partial charge < -0.3 is 14.5 Å². The van der Waals surface area contributed by atoms with Crippen molar-refractivity contribution >= 4 is 23.2 Å². The van der Waals surface area contributed by atoms with Crippen molar-refractivity contribution in [2.75, 3.05) is 11.9 Å². The Labute approximate surface area is 162 Å². The second kappa shape index (κ2) is 9.18. The molecule has 2 N–H and O–H groups in total. The summed E-state index contributed by atoms with van der Waals surface area (Å²) in [7, 11) is 0. The van der Waals surface area contributed by atoms with Crippen LogP contribution in [-0.4, -0.2) is 24.1 Å². The normalized spacial score (nSPS) is 11.0. The number of para-hydroxylation sites is 1. The maximum absolute atomic E-state index is 11.9. The highest BCUT2D eigenvalue weighted by Gasteiger charge is 2.08. The highest BCUT2D eigenvalue weighted by Crippen LogP contribution is 2.13. The van der Waals surface area contributed by atoms with Gasteiger partial charge in [0.05, 0.1) is 12.0 Å². The van der Waals surface area contributed by atoms with E-state index in [4.69, 9.17) is 9.15 Å². The third kappa shape index (κ3) is 5.31. The van der Waals surface area contributed by atoms with Crippen molar-refractivity contribution in [3.63, 3.8) is 0 Å². The number of carbonyl (C=O) groups is 2. The molecule has 2 amide bonds. The van der Waals surface area contributed by atoms with E-state index in [1.165, 1.54) is 6.26 Å². The molecule has 3 aromatic rings. The van der Waals surface area contributed by atoms with E-state index in [0.29, 0.717) is 11.5 Å². The van der Waals surface area contributed by atoms with Crippen LogP contribution in [0.15, 0.2) is 82.5 Å². The minimum absolute atomic E-state index is 0.0967. The number of amides is 2. The number of furan rings is 1. The number of benzene rings is 2. The molecule has 0 fully saturated rings. The van der Waals surface area contributed by atoms with E-state index in [1.54, 1.807) is 55.5 Å². The molecule has 0 spiro atoms. The van der Waals surface area contributed by atoms with Crippen molar-refractivity contribution in [2.45, 2.75) is 6.92 Å². The lowest BCUT2D eigenvalue weighted by atomic mass is 10.1. The van der Waals surface area contributed by atoms with E-state index >= 15 is 0 Å². The van der Waals surface area contributed by atoms with Crippen LogP contribution in [0.25, 0.3) is 0 Å². The lowest BCUT2D eigenvalue weighted by Crippen LogP contribution is -2.20. The Bertz CT molecular complexity index is 949. The maximum Gasteiger partial charge on any atom is 0.307 e. The van der Waals surface area contributed by atoms with Crippen LogP contribution >= 0.6 is 0 Å². The van der Waals surface area contributed by atoms with Gasteiger partial charge in [-0.15, -0.1) is 0 Å². The predicted octanol–water partition coefficient (Wildman–Crippen LogP) is 3.45. The molecule has 3 rings (SSSR count). The van der Waals surface area contributed by atoms with Crippen LogP contribution < -0.4 is 15.5 Å². The highest BCUT2D eigenvalue weighted by molar-refractivity contribution is 6.00. The summed E-state index contributed by atoms with van der Waals surface area (Å²) in [5.74, 6) is 0.0795. The average molecular weight is 377 g/mol. The zero-order valence-corrected chi connectivity index (χ0v) is 15.2. The van der Waals surface area contributed by atoms with Crippen LogP contribution in [0.2, 0.25) is 0 Å². The summed E-state index contributed by atoms with van der Waals surface area (Å²) in [4.78, 5) is 23.7. The number of nitrogens with one attached hydrogen (secondary N) is 2.